The van der Waals surface area contributed by atoms with Crippen LogP contribution in [0.5, 0.6) is 0 Å². The fraction of sp³-hybridized carbons (Fsp3) is 0.455. The third-order valence-electron chi connectivity index (χ3n) is 3.16. The highest BCUT2D eigenvalue weighted by atomic mass is 35.5. The Morgan fingerprint density at radius 2 is 2.00 bits per heavy atom. The lowest BCUT2D eigenvalue weighted by Crippen LogP contribution is -2.24. The number of halogens is 3. The van der Waals surface area contributed by atoms with E-state index in [9.17, 15) is 13.9 Å². The molecule has 0 amide bonds. The van der Waals surface area contributed by atoms with Gasteiger partial charge in [-0.25, -0.2) is 8.78 Å². The van der Waals surface area contributed by atoms with Crippen molar-refractivity contribution in [2.75, 3.05) is 0 Å². The average Bonchev–Trinajstić information content (AvgIpc) is 2.95. The summed E-state index contributed by atoms with van der Waals surface area (Å²) in [6.07, 6.45) is 0.779. The molecule has 1 aliphatic carbocycles. The van der Waals surface area contributed by atoms with Crippen molar-refractivity contribution in [3.63, 3.8) is 0 Å². The van der Waals surface area contributed by atoms with Crippen LogP contribution in [0, 0.1) is 11.6 Å². The Kier molecular flexibility index (Phi) is 2.47. The summed E-state index contributed by atoms with van der Waals surface area (Å²) in [7, 11) is 0. The van der Waals surface area contributed by atoms with Crippen molar-refractivity contribution >= 4 is 11.6 Å². The smallest absolute Gasteiger partial charge is 0.148 e. The molecule has 0 aliphatic heterocycles. The van der Waals surface area contributed by atoms with E-state index < -0.39 is 28.2 Å². The zero-order valence-electron chi connectivity index (χ0n) is 8.23. The van der Waals surface area contributed by atoms with E-state index in [-0.39, 0.29) is 0 Å². The number of rotatable bonds is 2. The lowest BCUT2D eigenvalue weighted by atomic mass is 9.90. The van der Waals surface area contributed by atoms with Gasteiger partial charge in [-0.05, 0) is 31.4 Å². The SMILES string of the molecule is CC(O)C1(c2ccc(F)c(Cl)c2F)CC1. The molecule has 1 N–H and O–H groups in total. The first-order valence-corrected chi connectivity index (χ1v) is 5.19. The predicted molar refractivity (Wildman–Crippen MR) is 54.0 cm³/mol. The summed E-state index contributed by atoms with van der Waals surface area (Å²) in [5, 5.41) is 9.09. The molecule has 0 heterocycles. The molecule has 2 rings (SSSR count). The van der Waals surface area contributed by atoms with E-state index in [4.69, 9.17) is 11.6 Å². The first kappa shape index (κ1) is 10.8. The minimum atomic E-state index is -0.765. The molecule has 1 fully saturated rings. The van der Waals surface area contributed by atoms with Crippen LogP contribution in [0.4, 0.5) is 8.78 Å². The Morgan fingerprint density at radius 3 is 2.47 bits per heavy atom. The second-order valence-corrected chi connectivity index (χ2v) is 4.43. The van der Waals surface area contributed by atoms with Crippen molar-refractivity contribution < 1.29 is 13.9 Å². The van der Waals surface area contributed by atoms with Gasteiger partial charge in [0.2, 0.25) is 0 Å². The van der Waals surface area contributed by atoms with Crippen LogP contribution in [0.1, 0.15) is 25.3 Å². The minimum Gasteiger partial charge on any atom is -0.392 e. The third kappa shape index (κ3) is 1.54. The molecule has 1 saturated carbocycles. The number of benzene rings is 1. The van der Waals surface area contributed by atoms with E-state index in [0.29, 0.717) is 18.4 Å². The van der Waals surface area contributed by atoms with Gasteiger partial charge in [0, 0.05) is 5.41 Å². The molecule has 1 aromatic carbocycles. The third-order valence-corrected chi connectivity index (χ3v) is 3.51. The summed E-state index contributed by atoms with van der Waals surface area (Å²) in [4.78, 5) is 0. The van der Waals surface area contributed by atoms with Gasteiger partial charge in [0.1, 0.15) is 16.7 Å². The molecule has 82 valence electrons. The van der Waals surface area contributed by atoms with E-state index >= 15 is 0 Å². The zero-order chi connectivity index (χ0) is 11.2. The van der Waals surface area contributed by atoms with Gasteiger partial charge >= 0.3 is 0 Å². The Hall–Kier alpha value is -0.670. The molecule has 0 aromatic heterocycles. The predicted octanol–water partition coefficient (Wildman–Crippen LogP) is 3.03. The van der Waals surface area contributed by atoms with Gasteiger partial charge in [-0.2, -0.15) is 0 Å². The highest BCUT2D eigenvalue weighted by Crippen LogP contribution is 2.52. The summed E-state index contributed by atoms with van der Waals surface area (Å²) in [6, 6.07) is 2.51. The maximum absolute atomic E-state index is 13.7. The van der Waals surface area contributed by atoms with Crippen LogP contribution in [0.3, 0.4) is 0 Å². The number of aliphatic hydroxyl groups is 1. The maximum atomic E-state index is 13.7. The molecule has 0 spiro atoms. The Balaban J connectivity index is 2.51. The second-order valence-electron chi connectivity index (χ2n) is 4.06. The Bertz CT molecular complexity index is 400. The molecule has 1 aliphatic rings. The quantitative estimate of drug-likeness (QED) is 0.778. The molecule has 4 heteroatoms. The molecule has 0 radical (unpaired) electrons. The van der Waals surface area contributed by atoms with Crippen molar-refractivity contribution in [2.24, 2.45) is 0 Å². The number of hydrogen-bond donors (Lipinski definition) is 1. The van der Waals surface area contributed by atoms with Gasteiger partial charge in [-0.1, -0.05) is 17.7 Å². The van der Waals surface area contributed by atoms with Crippen molar-refractivity contribution in [1.82, 2.24) is 0 Å². The van der Waals surface area contributed by atoms with Crippen molar-refractivity contribution in [2.45, 2.75) is 31.3 Å². The average molecular weight is 233 g/mol. The van der Waals surface area contributed by atoms with E-state index in [0.717, 1.165) is 6.07 Å². The molecule has 15 heavy (non-hydrogen) atoms. The molecule has 0 saturated heterocycles. The van der Waals surface area contributed by atoms with Crippen LogP contribution in [-0.4, -0.2) is 11.2 Å². The highest BCUT2D eigenvalue weighted by Gasteiger charge is 2.50. The second kappa shape index (κ2) is 3.42. The summed E-state index contributed by atoms with van der Waals surface area (Å²) in [5.74, 6) is -1.51. The van der Waals surface area contributed by atoms with E-state index in [1.165, 1.54) is 6.07 Å². The molecule has 1 atom stereocenters. The Labute approximate surface area is 91.7 Å². The first-order valence-electron chi connectivity index (χ1n) is 4.81. The van der Waals surface area contributed by atoms with Crippen LogP contribution in [-0.2, 0) is 5.41 Å². The van der Waals surface area contributed by atoms with Gasteiger partial charge in [0.05, 0.1) is 6.10 Å². The minimum absolute atomic E-state index is 0.323. The van der Waals surface area contributed by atoms with Crippen molar-refractivity contribution in [1.29, 1.82) is 0 Å². The standard InChI is InChI=1S/C11H11ClF2O/c1-6(15)11(4-5-11)7-2-3-8(13)9(12)10(7)14/h2-3,6,15H,4-5H2,1H3. The van der Waals surface area contributed by atoms with Gasteiger partial charge in [0.25, 0.3) is 0 Å². The lowest BCUT2D eigenvalue weighted by molar-refractivity contribution is 0.148. The Morgan fingerprint density at radius 1 is 1.40 bits per heavy atom. The summed E-state index contributed by atoms with van der Waals surface area (Å²) >= 11 is 5.49. The van der Waals surface area contributed by atoms with Crippen molar-refractivity contribution in [3.05, 3.63) is 34.4 Å². The van der Waals surface area contributed by atoms with E-state index in [1.807, 2.05) is 0 Å². The summed E-state index contributed by atoms with van der Waals surface area (Å²) in [6.45, 7) is 1.61. The fourth-order valence-electron chi connectivity index (χ4n) is 1.96. The molecular weight excluding hydrogens is 222 g/mol. The fourth-order valence-corrected chi connectivity index (χ4v) is 2.12. The van der Waals surface area contributed by atoms with Gasteiger partial charge in [-0.3, -0.25) is 0 Å². The highest BCUT2D eigenvalue weighted by molar-refractivity contribution is 6.31. The topological polar surface area (TPSA) is 20.2 Å². The maximum Gasteiger partial charge on any atom is 0.148 e. The first-order chi connectivity index (χ1) is 6.99. The summed E-state index contributed by atoms with van der Waals surface area (Å²) < 4.78 is 26.6. The molecule has 1 aromatic rings. The van der Waals surface area contributed by atoms with Gasteiger partial charge < -0.3 is 5.11 Å². The van der Waals surface area contributed by atoms with Crippen LogP contribution >= 0.6 is 11.6 Å². The molecule has 1 nitrogen and oxygen atoms in total. The number of hydrogen-bond acceptors (Lipinski definition) is 1. The molecule has 0 bridgehead atoms. The summed E-state index contributed by atoms with van der Waals surface area (Å²) in [5.41, 5.74) is -0.231. The van der Waals surface area contributed by atoms with Crippen molar-refractivity contribution in [3.8, 4) is 0 Å². The van der Waals surface area contributed by atoms with Crippen LogP contribution < -0.4 is 0 Å². The van der Waals surface area contributed by atoms with Crippen LogP contribution in [0.2, 0.25) is 5.02 Å². The zero-order valence-corrected chi connectivity index (χ0v) is 8.98. The molecular formula is C11H11ClF2O. The lowest BCUT2D eigenvalue weighted by Gasteiger charge is -2.20. The van der Waals surface area contributed by atoms with Gasteiger partial charge in [0.15, 0.2) is 0 Å². The monoisotopic (exact) mass is 232 g/mol. The number of aliphatic hydroxyl groups excluding tert-OH is 1. The normalized spacial score (nSPS) is 20.1. The van der Waals surface area contributed by atoms with Crippen LogP contribution in [0.25, 0.3) is 0 Å². The van der Waals surface area contributed by atoms with E-state index in [2.05, 4.69) is 0 Å². The van der Waals surface area contributed by atoms with Gasteiger partial charge in [-0.15, -0.1) is 0 Å². The largest absolute Gasteiger partial charge is 0.392 e. The molecule has 1 unspecified atom stereocenters. The van der Waals surface area contributed by atoms with E-state index in [1.54, 1.807) is 6.92 Å². The van der Waals surface area contributed by atoms with Crippen LogP contribution in [0.15, 0.2) is 12.1 Å².